The number of hydrogen-bond donors (Lipinski definition) is 6. The molecule has 1 saturated heterocycles. The average molecular weight is 1060 g/mol. The molecule has 0 spiro atoms. The zero-order valence-electron chi connectivity index (χ0n) is 38.8. The van der Waals surface area contributed by atoms with Crippen LogP contribution in [0.2, 0.25) is 25.7 Å². The summed E-state index contributed by atoms with van der Waals surface area (Å²) in [5.74, 6) is -1.77. The van der Waals surface area contributed by atoms with Crippen molar-refractivity contribution in [3.8, 4) is 0 Å². The molecule has 14 nitrogen and oxygen atoms in total. The number of benzene rings is 4. The van der Waals surface area contributed by atoms with Gasteiger partial charge in [-0.15, -0.1) is 0 Å². The second-order valence-corrected chi connectivity index (χ2v) is 23.9. The molecule has 19 heteroatoms. The summed E-state index contributed by atoms with van der Waals surface area (Å²) in [6.45, 7) is 15.2. The fourth-order valence-corrected chi connectivity index (χ4v) is 7.78. The molecule has 1 fully saturated rings. The maximum Gasteiger partial charge on any atom is 0.494 e. The smallest absolute Gasteiger partial charge is 0.450 e. The number of ether oxygens (including phenoxy) is 1. The number of aromatic nitrogens is 2. The third-order valence-electron chi connectivity index (χ3n) is 11.7. The van der Waals surface area contributed by atoms with Gasteiger partial charge in [0, 0.05) is 68.1 Å². The van der Waals surface area contributed by atoms with E-state index in [4.69, 9.17) is 19.8 Å². The first-order valence-corrected chi connectivity index (χ1v) is 26.3. The fourth-order valence-electron chi connectivity index (χ4n) is 7.06. The van der Waals surface area contributed by atoms with Crippen molar-refractivity contribution in [1.29, 1.82) is 0 Å². The van der Waals surface area contributed by atoms with Gasteiger partial charge in [0.15, 0.2) is 23.2 Å². The van der Waals surface area contributed by atoms with Crippen LogP contribution in [0, 0.1) is 0 Å². The zero-order chi connectivity index (χ0) is 48.9. The quantitative estimate of drug-likeness (QED) is 0.0457. The number of alkyl carbamates (subject to hydrolysis) is 1. The van der Waals surface area contributed by atoms with Crippen LogP contribution >= 0.6 is 23.2 Å². The third kappa shape index (κ3) is 15.1. The lowest BCUT2D eigenvalue weighted by molar-refractivity contribution is -0.118. The molecule has 4 aromatic carbocycles. The summed E-state index contributed by atoms with van der Waals surface area (Å²) in [7, 11) is -3.49. The van der Waals surface area contributed by atoms with Crippen molar-refractivity contribution in [3.63, 3.8) is 0 Å². The monoisotopic (exact) mass is 1060 g/mol. The normalized spacial score (nSPS) is 14.4. The van der Waals surface area contributed by atoms with E-state index in [9.17, 15) is 27.3 Å². The molecule has 2 aromatic heterocycles. The summed E-state index contributed by atoms with van der Waals surface area (Å²) in [6, 6.07) is 30.1. The van der Waals surface area contributed by atoms with Crippen molar-refractivity contribution >= 4 is 107 Å². The molecular formula is C49H62B2FIN6O8Si. The Balaban J connectivity index is 0.000000309. The van der Waals surface area contributed by atoms with E-state index in [1.54, 1.807) is 49.1 Å². The standard InChI is InChI=1S/C30H40BN3O5Si.C18H18BN3O3.CH4.FI/c1-29(2)30(3,4)39-31(38-29)24-10-8-9-22(17-24)26(20-33-28(36)37-15-16-40(5,6)7)27(35)34-25-12-11-23-19-32-14-13-21(23)18-25;20-10-17(13-2-1-3-15(8-13)19(24)25)18(23)22-16-5-4-14-11-21-7-6-12(14)9-16;;1-2/h8-14,17-19,26H,15-16,20H2,1-7H3,(H,33,36)(H,34,35);1-9,11,17,24-25H,10,20H2,(H,22,23);1H4;. The number of rotatable bonds is 14. The van der Waals surface area contributed by atoms with Gasteiger partial charge in [-0.1, -0.05) is 87.7 Å². The van der Waals surface area contributed by atoms with Gasteiger partial charge in [-0.25, -0.2) is 4.79 Å². The summed E-state index contributed by atoms with van der Waals surface area (Å²) < 4.78 is 27.4. The Morgan fingerprint density at radius 1 is 0.765 bits per heavy atom. The van der Waals surface area contributed by atoms with E-state index in [0.29, 0.717) is 52.2 Å². The van der Waals surface area contributed by atoms with Crippen LogP contribution in [0.25, 0.3) is 21.5 Å². The van der Waals surface area contributed by atoms with Crippen LogP contribution in [-0.4, -0.2) is 91.1 Å². The average Bonchev–Trinajstić information content (AvgIpc) is 3.52. The van der Waals surface area contributed by atoms with E-state index in [-0.39, 0.29) is 32.3 Å². The number of halogens is 2. The van der Waals surface area contributed by atoms with Crippen molar-refractivity contribution in [2.75, 3.05) is 30.3 Å². The lowest BCUT2D eigenvalue weighted by Crippen LogP contribution is -2.41. The molecule has 3 amide bonds. The number of anilines is 2. The molecule has 1 aliphatic rings. The number of carbonyl (C=O) groups is 3. The van der Waals surface area contributed by atoms with E-state index < -0.39 is 51.4 Å². The molecule has 0 radical (unpaired) electrons. The summed E-state index contributed by atoms with van der Waals surface area (Å²) in [5, 5.41) is 31.2. The molecule has 7 N–H and O–H groups in total. The predicted octanol–water partition coefficient (Wildman–Crippen LogP) is 7.86. The maximum absolute atomic E-state index is 13.7. The lowest BCUT2D eigenvalue weighted by Gasteiger charge is -2.32. The molecular weight excluding hydrogens is 996 g/mol. The van der Waals surface area contributed by atoms with Gasteiger partial charge in [-0.3, -0.25) is 19.6 Å². The number of nitrogens with two attached hydrogens (primary N) is 1. The van der Waals surface area contributed by atoms with Crippen molar-refractivity contribution < 1.29 is 41.3 Å². The zero-order valence-corrected chi connectivity index (χ0v) is 41.9. The van der Waals surface area contributed by atoms with Gasteiger partial charge in [-0.2, -0.15) is 2.86 Å². The number of pyridine rings is 2. The highest BCUT2D eigenvalue weighted by Gasteiger charge is 2.51. The van der Waals surface area contributed by atoms with Gasteiger partial charge in [-0.05, 0) is 103 Å². The van der Waals surface area contributed by atoms with E-state index in [0.717, 1.165) is 38.6 Å². The van der Waals surface area contributed by atoms with Crippen molar-refractivity contribution in [3.05, 3.63) is 133 Å². The highest BCUT2D eigenvalue weighted by atomic mass is 127. The highest BCUT2D eigenvalue weighted by molar-refractivity contribution is 14.1. The molecule has 68 heavy (non-hydrogen) atoms. The number of carbonyl (C=O) groups excluding carboxylic acids is 3. The first-order chi connectivity index (χ1) is 31.8. The van der Waals surface area contributed by atoms with Gasteiger partial charge < -0.3 is 45.8 Å². The third-order valence-corrected chi connectivity index (χ3v) is 13.4. The second-order valence-electron chi connectivity index (χ2n) is 18.3. The van der Waals surface area contributed by atoms with Crippen molar-refractivity contribution in [2.24, 2.45) is 5.73 Å². The Labute approximate surface area is 414 Å². The van der Waals surface area contributed by atoms with Crippen LogP contribution in [0.1, 0.15) is 58.1 Å². The molecule has 0 saturated carbocycles. The molecule has 0 aliphatic carbocycles. The van der Waals surface area contributed by atoms with Gasteiger partial charge >= 0.3 is 20.3 Å². The minimum absolute atomic E-state index is 0. The number of amides is 3. The Bertz CT molecular complexity index is 2630. The topological polar surface area (TPSA) is 207 Å². The van der Waals surface area contributed by atoms with Crippen LogP contribution in [0.3, 0.4) is 0 Å². The molecule has 2 unspecified atom stereocenters. The van der Waals surface area contributed by atoms with E-state index in [1.807, 2.05) is 100 Å². The van der Waals surface area contributed by atoms with Crippen LogP contribution < -0.4 is 32.6 Å². The number of hydrogen-bond acceptors (Lipinski definition) is 11. The molecule has 6 aromatic rings. The van der Waals surface area contributed by atoms with Crippen LogP contribution in [0.4, 0.5) is 19.0 Å². The first-order valence-electron chi connectivity index (χ1n) is 21.8. The van der Waals surface area contributed by atoms with E-state index >= 15 is 0 Å². The Kier molecular flexibility index (Phi) is 20.2. The summed E-state index contributed by atoms with van der Waals surface area (Å²) in [5.41, 5.74) is 8.63. The van der Waals surface area contributed by atoms with Crippen LogP contribution in [0.15, 0.2) is 122 Å². The van der Waals surface area contributed by atoms with Crippen LogP contribution in [-0.2, 0) is 23.6 Å². The summed E-state index contributed by atoms with van der Waals surface area (Å²) in [6.07, 6.45) is 6.42. The predicted molar refractivity (Wildman–Crippen MR) is 283 cm³/mol. The van der Waals surface area contributed by atoms with Crippen LogP contribution in [0.5, 0.6) is 0 Å². The Hall–Kier alpha value is -5.28. The van der Waals surface area contributed by atoms with Crippen molar-refractivity contribution in [1.82, 2.24) is 15.3 Å². The largest absolute Gasteiger partial charge is 0.494 e. The number of nitrogens with one attached hydrogen (secondary N) is 3. The van der Waals surface area contributed by atoms with E-state index in [2.05, 4.69) is 45.6 Å². The van der Waals surface area contributed by atoms with E-state index in [1.165, 1.54) is 0 Å². The Morgan fingerprint density at radius 3 is 1.79 bits per heavy atom. The number of fused-ring (bicyclic) bond motifs is 2. The van der Waals surface area contributed by atoms with Gasteiger partial charge in [0.25, 0.3) is 0 Å². The number of nitrogens with zero attached hydrogens (tertiary/aromatic N) is 2. The highest BCUT2D eigenvalue weighted by Crippen LogP contribution is 2.36. The molecule has 7 rings (SSSR count). The first kappa shape index (κ1) is 55.3. The SMILES string of the molecule is C.CC1(C)OB(c2cccc(C(CNC(=O)OCC[Si](C)(C)C)C(=O)Nc3ccc4cnccc4c3)c2)OC1(C)C.FI.NCC(C(=O)Nc1ccc2cnccc2c1)c1cccc(B(O)O)c1. The Morgan fingerprint density at radius 2 is 1.28 bits per heavy atom. The molecule has 0 bridgehead atoms. The molecule has 1 aliphatic heterocycles. The second kappa shape index (κ2) is 24.8. The summed E-state index contributed by atoms with van der Waals surface area (Å²) >= 11 is 0.650. The van der Waals surface area contributed by atoms with Gasteiger partial charge in [0.05, 0.1) is 29.6 Å². The van der Waals surface area contributed by atoms with Gasteiger partial charge in [0.2, 0.25) is 11.8 Å². The summed E-state index contributed by atoms with van der Waals surface area (Å²) in [4.78, 5) is 47.0. The van der Waals surface area contributed by atoms with Crippen molar-refractivity contribution in [2.45, 2.75) is 83.8 Å². The minimum atomic E-state index is -1.59. The van der Waals surface area contributed by atoms with Gasteiger partial charge in [0.1, 0.15) is 0 Å². The molecule has 3 heterocycles. The minimum Gasteiger partial charge on any atom is -0.450 e. The lowest BCUT2D eigenvalue weighted by atomic mass is 9.77. The molecule has 360 valence electrons. The molecule has 2 atom stereocenters. The maximum atomic E-state index is 13.7. The fraction of sp³-hybridized carbons (Fsp3) is 0.327.